The third-order valence-corrected chi connectivity index (χ3v) is 3.58. The molecule has 4 heteroatoms. The molecule has 0 saturated heterocycles. The minimum absolute atomic E-state index is 0.257. The molecule has 0 radical (unpaired) electrons. The van der Waals surface area contributed by atoms with Gasteiger partial charge in [0.05, 0.1) is 17.7 Å². The molecule has 0 atom stereocenters. The number of aryl methyl sites for hydroxylation is 1. The molecule has 0 amide bonds. The van der Waals surface area contributed by atoms with Crippen molar-refractivity contribution in [1.29, 1.82) is 0 Å². The first-order chi connectivity index (χ1) is 12.0. The second kappa shape index (κ2) is 9.02. The van der Waals surface area contributed by atoms with Crippen molar-refractivity contribution in [3.8, 4) is 5.75 Å². The van der Waals surface area contributed by atoms with Gasteiger partial charge in [0.25, 0.3) is 0 Å². The number of para-hydroxylation sites is 1. The maximum Gasteiger partial charge on any atom is 0.343 e. The summed E-state index contributed by atoms with van der Waals surface area (Å²) in [5.74, 6) is -0.105. The first-order valence-electron chi connectivity index (χ1n) is 8.58. The van der Waals surface area contributed by atoms with Crippen LogP contribution in [0.5, 0.6) is 5.75 Å². The molecule has 0 spiro atoms. The number of hydrogen-bond donors (Lipinski definition) is 0. The van der Waals surface area contributed by atoms with Crippen LogP contribution in [0.25, 0.3) is 0 Å². The van der Waals surface area contributed by atoms with E-state index in [1.807, 2.05) is 32.0 Å². The highest BCUT2D eigenvalue weighted by Gasteiger charge is 2.15. The average Bonchev–Trinajstić information content (AvgIpc) is 2.61. The van der Waals surface area contributed by atoms with Gasteiger partial charge in [0.1, 0.15) is 5.75 Å². The molecule has 0 aliphatic heterocycles. The van der Waals surface area contributed by atoms with Gasteiger partial charge in [0.2, 0.25) is 0 Å². The van der Waals surface area contributed by atoms with E-state index in [-0.39, 0.29) is 5.92 Å². The van der Waals surface area contributed by atoms with E-state index < -0.39 is 11.9 Å². The Hall–Kier alpha value is -2.62. The van der Waals surface area contributed by atoms with Crippen molar-refractivity contribution >= 4 is 11.9 Å². The van der Waals surface area contributed by atoms with E-state index in [4.69, 9.17) is 9.47 Å². The van der Waals surface area contributed by atoms with Gasteiger partial charge in [-0.05, 0) is 42.2 Å². The third kappa shape index (κ3) is 5.45. The van der Waals surface area contributed by atoms with Crippen LogP contribution in [-0.2, 0) is 11.2 Å². The van der Waals surface area contributed by atoms with Crippen LogP contribution in [0.4, 0.5) is 0 Å². The Bertz CT molecular complexity index is 734. The molecule has 0 saturated carbocycles. The maximum atomic E-state index is 12.4. The SMILES string of the molecule is CCCc1ccccc1OC(=O)c1cccc(C(=O)OCC(C)C)c1. The number of esters is 2. The lowest BCUT2D eigenvalue weighted by Crippen LogP contribution is -2.13. The predicted octanol–water partition coefficient (Wildman–Crippen LogP) is 4.67. The third-order valence-electron chi connectivity index (χ3n) is 3.58. The van der Waals surface area contributed by atoms with Crippen molar-refractivity contribution < 1.29 is 19.1 Å². The fourth-order valence-electron chi connectivity index (χ4n) is 2.34. The predicted molar refractivity (Wildman–Crippen MR) is 97.0 cm³/mol. The molecule has 0 unspecified atom stereocenters. The summed E-state index contributed by atoms with van der Waals surface area (Å²) in [7, 11) is 0. The molecule has 0 aliphatic rings. The lowest BCUT2D eigenvalue weighted by Gasteiger charge is -2.10. The van der Waals surface area contributed by atoms with Gasteiger partial charge in [0, 0.05) is 0 Å². The van der Waals surface area contributed by atoms with Crippen molar-refractivity contribution in [2.24, 2.45) is 5.92 Å². The van der Waals surface area contributed by atoms with E-state index in [1.165, 1.54) is 6.07 Å². The van der Waals surface area contributed by atoms with Crippen LogP contribution in [-0.4, -0.2) is 18.5 Å². The molecule has 0 N–H and O–H groups in total. The Morgan fingerprint density at radius 1 is 0.960 bits per heavy atom. The van der Waals surface area contributed by atoms with Crippen molar-refractivity contribution in [1.82, 2.24) is 0 Å². The van der Waals surface area contributed by atoms with Gasteiger partial charge in [-0.1, -0.05) is 51.5 Å². The van der Waals surface area contributed by atoms with Crippen LogP contribution in [0.3, 0.4) is 0 Å². The molecule has 2 aromatic carbocycles. The molecule has 0 fully saturated rings. The molecule has 25 heavy (non-hydrogen) atoms. The zero-order valence-corrected chi connectivity index (χ0v) is 15.0. The fourth-order valence-corrected chi connectivity index (χ4v) is 2.34. The van der Waals surface area contributed by atoms with Gasteiger partial charge in [-0.15, -0.1) is 0 Å². The van der Waals surface area contributed by atoms with Gasteiger partial charge in [-0.2, -0.15) is 0 Å². The lowest BCUT2D eigenvalue weighted by molar-refractivity contribution is 0.0459. The van der Waals surface area contributed by atoms with Crippen LogP contribution in [0.2, 0.25) is 0 Å². The minimum Gasteiger partial charge on any atom is -0.462 e. The maximum absolute atomic E-state index is 12.4. The molecule has 0 heterocycles. The highest BCUT2D eigenvalue weighted by atomic mass is 16.5. The number of rotatable bonds is 7. The molecular formula is C21H24O4. The summed E-state index contributed by atoms with van der Waals surface area (Å²) in [4.78, 5) is 24.5. The van der Waals surface area contributed by atoms with Crippen LogP contribution >= 0.6 is 0 Å². The van der Waals surface area contributed by atoms with E-state index in [9.17, 15) is 9.59 Å². The number of benzene rings is 2. The van der Waals surface area contributed by atoms with E-state index in [2.05, 4.69) is 6.92 Å². The average molecular weight is 340 g/mol. The van der Waals surface area contributed by atoms with E-state index >= 15 is 0 Å². The van der Waals surface area contributed by atoms with E-state index in [1.54, 1.807) is 24.3 Å². The van der Waals surface area contributed by atoms with Gasteiger partial charge < -0.3 is 9.47 Å². The quantitative estimate of drug-likeness (QED) is 0.543. The second-order valence-electron chi connectivity index (χ2n) is 6.32. The monoisotopic (exact) mass is 340 g/mol. The Morgan fingerprint density at radius 3 is 2.32 bits per heavy atom. The van der Waals surface area contributed by atoms with Crippen molar-refractivity contribution in [2.45, 2.75) is 33.6 Å². The Balaban J connectivity index is 2.12. The Morgan fingerprint density at radius 2 is 1.64 bits per heavy atom. The van der Waals surface area contributed by atoms with Gasteiger partial charge in [-0.3, -0.25) is 0 Å². The fraction of sp³-hybridized carbons (Fsp3) is 0.333. The standard InChI is InChI=1S/C21H24O4/c1-4-8-16-9-5-6-12-19(16)25-21(23)18-11-7-10-17(13-18)20(22)24-14-15(2)3/h5-7,9-13,15H,4,8,14H2,1-3H3. The zero-order chi connectivity index (χ0) is 18.2. The van der Waals surface area contributed by atoms with Gasteiger partial charge >= 0.3 is 11.9 Å². The number of hydrogen-bond acceptors (Lipinski definition) is 4. The Kier molecular flexibility index (Phi) is 6.75. The first kappa shape index (κ1) is 18.7. The summed E-state index contributed by atoms with van der Waals surface area (Å²) in [6.45, 7) is 6.35. The summed E-state index contributed by atoms with van der Waals surface area (Å²) < 4.78 is 10.7. The number of ether oxygens (including phenoxy) is 2. The summed E-state index contributed by atoms with van der Waals surface area (Å²) in [5, 5.41) is 0. The highest BCUT2D eigenvalue weighted by molar-refractivity contribution is 5.96. The van der Waals surface area contributed by atoms with Crippen molar-refractivity contribution in [3.63, 3.8) is 0 Å². The summed E-state index contributed by atoms with van der Waals surface area (Å²) in [6.07, 6.45) is 1.80. The lowest BCUT2D eigenvalue weighted by atomic mass is 10.1. The summed E-state index contributed by atoms with van der Waals surface area (Å²) in [5.41, 5.74) is 1.66. The smallest absolute Gasteiger partial charge is 0.343 e. The molecule has 0 bridgehead atoms. The van der Waals surface area contributed by atoms with Gasteiger partial charge in [-0.25, -0.2) is 9.59 Å². The molecule has 2 rings (SSSR count). The van der Waals surface area contributed by atoms with Gasteiger partial charge in [0.15, 0.2) is 0 Å². The second-order valence-corrected chi connectivity index (χ2v) is 6.32. The molecule has 2 aromatic rings. The molecule has 4 nitrogen and oxygen atoms in total. The molecule has 132 valence electrons. The zero-order valence-electron chi connectivity index (χ0n) is 15.0. The molecular weight excluding hydrogens is 316 g/mol. The summed E-state index contributed by atoms with van der Waals surface area (Å²) in [6, 6.07) is 13.9. The van der Waals surface area contributed by atoms with Crippen LogP contribution in [0.15, 0.2) is 48.5 Å². The normalized spacial score (nSPS) is 10.6. The van der Waals surface area contributed by atoms with Crippen LogP contribution in [0.1, 0.15) is 53.5 Å². The minimum atomic E-state index is -0.484. The molecule has 0 aromatic heterocycles. The Labute approximate surface area is 148 Å². The first-order valence-corrected chi connectivity index (χ1v) is 8.58. The highest BCUT2D eigenvalue weighted by Crippen LogP contribution is 2.21. The van der Waals surface area contributed by atoms with Crippen LogP contribution in [0, 0.1) is 5.92 Å². The van der Waals surface area contributed by atoms with Crippen molar-refractivity contribution in [2.75, 3.05) is 6.61 Å². The number of carbonyl (C=O) groups excluding carboxylic acids is 2. The summed E-state index contributed by atoms with van der Waals surface area (Å²) >= 11 is 0. The largest absolute Gasteiger partial charge is 0.462 e. The van der Waals surface area contributed by atoms with Crippen LogP contribution < -0.4 is 4.74 Å². The molecule has 0 aliphatic carbocycles. The van der Waals surface area contributed by atoms with Crippen molar-refractivity contribution in [3.05, 3.63) is 65.2 Å². The van der Waals surface area contributed by atoms with E-state index in [0.717, 1.165) is 18.4 Å². The topological polar surface area (TPSA) is 52.6 Å². The number of carbonyl (C=O) groups is 2. The van der Waals surface area contributed by atoms with E-state index in [0.29, 0.717) is 23.5 Å².